The van der Waals surface area contributed by atoms with E-state index in [-0.39, 0.29) is 75.1 Å². The van der Waals surface area contributed by atoms with Crippen LogP contribution in [-0.2, 0) is 14.3 Å². The molecule has 22 rings (SSSR count). The highest BCUT2D eigenvalue weighted by molar-refractivity contribution is 5.87. The molecular weight excluding hydrogens is 1880 g/mol. The number of carbonyl (C=O) groups excluding carboxylic acids is 2. The Hall–Kier alpha value is -14.1. The van der Waals surface area contributed by atoms with Gasteiger partial charge in [-0.25, -0.2) is 0 Å². The number of ketones is 2. The van der Waals surface area contributed by atoms with E-state index >= 15 is 0 Å². The van der Waals surface area contributed by atoms with Gasteiger partial charge in [0.05, 0.1) is 97.2 Å². The lowest BCUT2D eigenvalue weighted by molar-refractivity contribution is -0.222. The SMILES string of the molecule is COc1cc(C2c3cc4c(cc3OC(C)(N3CCCC3)C2C)OCO4)cc(OC)c1OC.COc1cc(C2c3cc4c(cc3OC(C)(O)C2C(C)=O)OCO4)cc(OC)c1OC.COc1cc(C2c3cc4c(cc3OC3(O)CC(C)(C)CC(=O)C23)OCO4)cc(OC)c1OC.COc1ccc(C2c3cc4c(cc3OC(C)(OC)C2C)OCO4)c(OC)c1.COc1cccc(C2CC(C)(O)Oc3cc4c(cc32)OCO4)c1. The summed E-state index contributed by atoms with van der Waals surface area (Å²) < 4.78 is 158. The minimum absolute atomic E-state index is 0.0117. The van der Waals surface area contributed by atoms with E-state index in [1.54, 1.807) is 107 Å². The molecule has 1 saturated heterocycles. The molecule has 14 atom stereocenters. The summed E-state index contributed by atoms with van der Waals surface area (Å²) in [6, 6.07) is 43.7. The number of hydrogen-bond acceptors (Lipinski definition) is 34. The largest absolute Gasteiger partial charge is 0.497 e. The van der Waals surface area contributed by atoms with Crippen LogP contribution in [0.1, 0.15) is 180 Å². The van der Waals surface area contributed by atoms with Gasteiger partial charge < -0.3 is 148 Å². The molecule has 10 aromatic carbocycles. The number of benzene rings is 10. The van der Waals surface area contributed by atoms with E-state index in [1.807, 2.05) is 118 Å². The van der Waals surface area contributed by atoms with Gasteiger partial charge in [0.25, 0.3) is 0 Å². The van der Waals surface area contributed by atoms with Gasteiger partial charge in [0.15, 0.2) is 97.7 Å². The molecule has 145 heavy (non-hydrogen) atoms. The summed E-state index contributed by atoms with van der Waals surface area (Å²) in [5, 5.41) is 33.4. The fraction of sp³-hybridized carbons (Fsp3) is 0.441. The monoisotopic (exact) mass is 2000 g/mol. The Balaban J connectivity index is 0.000000120. The first-order valence-electron chi connectivity index (χ1n) is 47.9. The zero-order chi connectivity index (χ0) is 103. The van der Waals surface area contributed by atoms with Crippen LogP contribution in [0.3, 0.4) is 0 Å². The first-order valence-corrected chi connectivity index (χ1v) is 47.9. The summed E-state index contributed by atoms with van der Waals surface area (Å²) in [5.74, 6) is 8.04. The lowest BCUT2D eigenvalue weighted by atomic mass is 9.61. The molecule has 34 heteroatoms. The van der Waals surface area contributed by atoms with Crippen molar-refractivity contribution < 1.29 is 158 Å². The molecule has 11 heterocycles. The molecule has 2 fully saturated rings. The van der Waals surface area contributed by atoms with Crippen molar-refractivity contribution in [3.05, 3.63) is 195 Å². The second-order valence-electron chi connectivity index (χ2n) is 38.8. The summed E-state index contributed by atoms with van der Waals surface area (Å²) in [4.78, 5) is 28.7. The van der Waals surface area contributed by atoms with Crippen LogP contribution in [0.5, 0.6) is 155 Å². The normalized spacial score (nSPS) is 25.5. The molecule has 11 aliphatic heterocycles. The van der Waals surface area contributed by atoms with Crippen LogP contribution in [-0.4, -0.2) is 200 Å². The maximum Gasteiger partial charge on any atom is 0.231 e. The molecule has 772 valence electrons. The smallest absolute Gasteiger partial charge is 0.231 e. The minimum Gasteiger partial charge on any atom is -0.497 e. The molecule has 0 bridgehead atoms. The number of nitrogens with zero attached hydrogens (tertiary/aromatic N) is 1. The van der Waals surface area contributed by atoms with E-state index in [9.17, 15) is 24.9 Å². The van der Waals surface area contributed by atoms with Crippen LogP contribution in [0.25, 0.3) is 0 Å². The number of methoxy groups -OCH3 is 13. The second kappa shape index (κ2) is 40.2. The van der Waals surface area contributed by atoms with Gasteiger partial charge in [0.1, 0.15) is 57.6 Å². The summed E-state index contributed by atoms with van der Waals surface area (Å²) in [7, 11) is 20.7. The van der Waals surface area contributed by atoms with Gasteiger partial charge in [-0.2, -0.15) is 0 Å². The topological polar surface area (TPSA) is 357 Å². The quantitative estimate of drug-likeness (QED) is 0.0638. The average Bonchev–Trinajstić information content (AvgIpc) is 1.37. The maximum atomic E-state index is 13.5. The Labute approximate surface area is 841 Å². The number of rotatable bonds is 20. The Morgan fingerprint density at radius 2 is 0.738 bits per heavy atom. The van der Waals surface area contributed by atoms with E-state index in [4.69, 9.17) is 133 Å². The van der Waals surface area contributed by atoms with Crippen molar-refractivity contribution >= 4 is 11.6 Å². The van der Waals surface area contributed by atoms with E-state index in [2.05, 4.69) is 31.7 Å². The van der Waals surface area contributed by atoms with Gasteiger partial charge in [-0.15, -0.1) is 0 Å². The zero-order valence-electron chi connectivity index (χ0n) is 85.5. The van der Waals surface area contributed by atoms with Crippen molar-refractivity contribution in [2.24, 2.45) is 29.1 Å². The molecule has 0 aromatic heterocycles. The van der Waals surface area contributed by atoms with Gasteiger partial charge in [-0.3, -0.25) is 14.5 Å². The number of likely N-dealkylation sites (tertiary alicyclic amines) is 1. The summed E-state index contributed by atoms with van der Waals surface area (Å²) >= 11 is 0. The Morgan fingerprint density at radius 1 is 0.359 bits per heavy atom. The summed E-state index contributed by atoms with van der Waals surface area (Å²) in [6.07, 6.45) is 3.48. The minimum atomic E-state index is -1.74. The van der Waals surface area contributed by atoms with Crippen molar-refractivity contribution in [2.75, 3.05) is 139 Å². The first-order chi connectivity index (χ1) is 69.5. The van der Waals surface area contributed by atoms with Gasteiger partial charge in [-0.05, 0) is 139 Å². The predicted octanol–water partition coefficient (Wildman–Crippen LogP) is 18.0. The highest BCUT2D eigenvalue weighted by Gasteiger charge is 2.60. The number of carbonyl (C=O) groups is 2. The number of ether oxygens (including phenoxy) is 28. The number of Topliss-reactive ketones (excluding diaryl/α,β-unsaturated/α-hetero) is 2. The van der Waals surface area contributed by atoms with E-state index in [1.165, 1.54) is 55.1 Å². The van der Waals surface area contributed by atoms with Gasteiger partial charge >= 0.3 is 0 Å². The molecule has 3 N–H and O–H groups in total. The number of fused-ring (bicyclic) bond motifs is 11. The highest BCUT2D eigenvalue weighted by atomic mass is 16.7. The summed E-state index contributed by atoms with van der Waals surface area (Å²) in [5.41, 5.74) is 8.27. The van der Waals surface area contributed by atoms with Crippen molar-refractivity contribution in [3.63, 3.8) is 0 Å². The van der Waals surface area contributed by atoms with Gasteiger partial charge in [-0.1, -0.05) is 45.9 Å². The van der Waals surface area contributed by atoms with Gasteiger partial charge in [0, 0.05) is 171 Å². The number of hydrogen-bond donors (Lipinski definition) is 3. The first kappa shape index (κ1) is 101. The molecule has 0 radical (unpaired) electrons. The molecule has 0 spiro atoms. The van der Waals surface area contributed by atoms with Crippen LogP contribution in [0.4, 0.5) is 0 Å². The van der Waals surface area contributed by atoms with Crippen LogP contribution >= 0.6 is 0 Å². The molecule has 34 nitrogen and oxygen atoms in total. The summed E-state index contributed by atoms with van der Waals surface area (Å²) in [6.45, 7) is 20.0. The zero-order valence-corrected chi connectivity index (χ0v) is 85.5. The third-order valence-electron chi connectivity index (χ3n) is 29.5. The van der Waals surface area contributed by atoms with Crippen molar-refractivity contribution in [2.45, 2.75) is 153 Å². The molecule has 12 aliphatic rings. The predicted molar refractivity (Wildman–Crippen MR) is 525 cm³/mol. The standard InChI is InChI=1S/C25H31NO6.C25H28O8.C22H24O8.C21H24O6.C18H18O5/c1-15-23(16-10-21(27-3)24(29-5)22(11-16)28-4)17-12-19-20(31-14-30-19)13-18(17)32-25(15,2)26-8-6-7-9-26;1-24(2)10-15(26)22-21(13-6-19(28-3)23(30-5)20(7-13)29-4)14-8-17-18(32-12-31-17)9-16(14)33-25(22,27)11-24;1-11(23)20-19(12-6-17(25-3)21(27-5)18(7-12)26-4)13-8-15-16(29-10-28-15)9-14(13)30-22(20,2)24;1-12-20(14-7-6-13(22-3)8-16(14)23-4)15-9-18-19(26-11-25-18)10-17(15)27-21(12,2)24-5;1-18(19)9-14(11-4-3-5-12(6-11)20-2)13-7-16-17(22-10-21-16)8-15(13)23-18/h10-13,15,23H,6-9,14H2,1-5H3;6-9,21-22,27H,10-12H2,1-5H3;6-9,19-20,24H,10H2,1-5H3;6-10,12,20H,11H2,1-5H3;3-8,14,19H,9-10H2,1-2H3. The van der Waals surface area contributed by atoms with E-state index in [0.717, 1.165) is 104 Å². The third kappa shape index (κ3) is 18.8. The molecular formula is C111H125NO33. The molecule has 1 saturated carbocycles. The van der Waals surface area contributed by atoms with Crippen molar-refractivity contribution in [3.8, 4) is 155 Å². The second-order valence-corrected chi connectivity index (χ2v) is 38.8. The van der Waals surface area contributed by atoms with Gasteiger partial charge in [0.2, 0.25) is 74.4 Å². The molecule has 0 amide bonds. The van der Waals surface area contributed by atoms with Crippen molar-refractivity contribution in [1.29, 1.82) is 0 Å². The Kier molecular flexibility index (Phi) is 28.0. The van der Waals surface area contributed by atoms with Crippen LogP contribution < -0.4 is 128 Å². The Bertz CT molecular complexity index is 6470. The fourth-order valence-corrected chi connectivity index (χ4v) is 22.4. The lowest BCUT2D eigenvalue weighted by Crippen LogP contribution is -2.58. The lowest BCUT2D eigenvalue weighted by Gasteiger charge is -2.51. The maximum absolute atomic E-state index is 13.5. The third-order valence-corrected chi connectivity index (χ3v) is 29.5. The van der Waals surface area contributed by atoms with Crippen molar-refractivity contribution in [1.82, 2.24) is 4.90 Å². The highest BCUT2D eigenvalue weighted by Crippen LogP contribution is 2.63. The molecule has 1 aliphatic carbocycles. The molecule has 14 unspecified atom stereocenters. The number of aliphatic hydroxyl groups is 3. The fourth-order valence-electron chi connectivity index (χ4n) is 22.4. The van der Waals surface area contributed by atoms with Crippen LogP contribution in [0.2, 0.25) is 0 Å². The molecule has 10 aromatic rings. The van der Waals surface area contributed by atoms with E-state index < -0.39 is 58.0 Å². The Morgan fingerprint density at radius 3 is 1.17 bits per heavy atom. The van der Waals surface area contributed by atoms with Crippen LogP contribution in [0, 0.1) is 29.1 Å². The average molecular weight is 2000 g/mol. The van der Waals surface area contributed by atoms with Crippen LogP contribution in [0.15, 0.2) is 140 Å². The van der Waals surface area contributed by atoms with E-state index in [0.29, 0.717) is 140 Å².